The van der Waals surface area contributed by atoms with Crippen molar-refractivity contribution in [1.82, 2.24) is 0 Å². The lowest BCUT2D eigenvalue weighted by atomic mass is 9.40. The van der Waals surface area contributed by atoms with Gasteiger partial charge in [0.05, 0.1) is 17.6 Å². The molecule has 6 fully saturated rings. The molecule has 0 bridgehead atoms. The second-order valence-electron chi connectivity index (χ2n) is 16.0. The van der Waals surface area contributed by atoms with Crippen molar-refractivity contribution >= 4 is 29.7 Å². The van der Waals surface area contributed by atoms with E-state index in [1.165, 1.54) is 20.8 Å². The molecule has 7 aliphatic rings. The molecule has 14 heteroatoms. The van der Waals surface area contributed by atoms with Gasteiger partial charge in [-0.1, -0.05) is 20.8 Å². The first-order valence-corrected chi connectivity index (χ1v) is 16.6. The number of allylic oxidation sites excluding steroid dienone is 1. The van der Waals surface area contributed by atoms with Crippen molar-refractivity contribution in [1.29, 1.82) is 0 Å². The Hall–Kier alpha value is -2.91. The predicted octanol–water partition coefficient (Wildman–Crippen LogP) is -0.0433. The number of fused-ring (bicyclic) bond motifs is 10. The average molecular weight is 677 g/mol. The maximum Gasteiger partial charge on any atom is 0.343 e. The highest BCUT2D eigenvalue weighted by atomic mass is 16.6. The van der Waals surface area contributed by atoms with Crippen LogP contribution in [0.5, 0.6) is 0 Å². The third kappa shape index (κ3) is 3.68. The van der Waals surface area contributed by atoms with E-state index in [-0.39, 0.29) is 12.2 Å². The molecule has 18 atom stereocenters. The summed E-state index contributed by atoms with van der Waals surface area (Å²) in [6, 6.07) is 0. The van der Waals surface area contributed by atoms with Gasteiger partial charge in [0.1, 0.15) is 41.9 Å². The van der Waals surface area contributed by atoms with E-state index in [1.807, 2.05) is 6.92 Å². The second-order valence-corrected chi connectivity index (χ2v) is 16.0. The Morgan fingerprint density at radius 2 is 1.44 bits per heavy atom. The summed E-state index contributed by atoms with van der Waals surface area (Å²) < 4.78 is 29.4. The topological polar surface area (TPSA) is 216 Å². The highest BCUT2D eigenvalue weighted by Crippen LogP contribution is 2.75. The van der Waals surface area contributed by atoms with Crippen molar-refractivity contribution < 1.29 is 68.1 Å². The molecular formula is C34H44O14. The maximum absolute atomic E-state index is 14.7. The number of carbonyl (C=O) groups is 5. The lowest BCUT2D eigenvalue weighted by Gasteiger charge is -2.67. The van der Waals surface area contributed by atoms with Crippen LogP contribution in [0.25, 0.3) is 0 Å². The van der Waals surface area contributed by atoms with Crippen molar-refractivity contribution in [3.63, 3.8) is 0 Å². The number of epoxide rings is 1. The van der Waals surface area contributed by atoms with Gasteiger partial charge in [0, 0.05) is 61.7 Å². The number of rotatable bonds is 3. The number of esters is 4. The first-order valence-electron chi connectivity index (χ1n) is 16.6. The zero-order valence-electron chi connectivity index (χ0n) is 28.2. The Labute approximate surface area is 277 Å². The first kappa shape index (κ1) is 33.6. The number of ether oxygens (including phenoxy) is 5. The molecule has 0 aromatic heterocycles. The van der Waals surface area contributed by atoms with Crippen molar-refractivity contribution in [3.05, 3.63) is 11.8 Å². The molecule has 14 nitrogen and oxygen atoms in total. The van der Waals surface area contributed by atoms with Gasteiger partial charge >= 0.3 is 23.9 Å². The van der Waals surface area contributed by atoms with Crippen LogP contribution in [0.2, 0.25) is 0 Å². The molecule has 264 valence electrons. The van der Waals surface area contributed by atoms with Crippen LogP contribution in [-0.4, -0.2) is 104 Å². The number of hydrogen-bond acceptors (Lipinski definition) is 14. The van der Waals surface area contributed by atoms with Gasteiger partial charge in [0.2, 0.25) is 0 Å². The number of carbonyl (C=O) groups excluding carboxylic acids is 5. The van der Waals surface area contributed by atoms with Crippen molar-refractivity contribution in [2.75, 3.05) is 0 Å². The minimum Gasteiger partial charge on any atom is -0.459 e. The maximum atomic E-state index is 14.7. The number of aliphatic hydroxyl groups is 4. The van der Waals surface area contributed by atoms with Crippen molar-refractivity contribution in [2.24, 2.45) is 51.8 Å². The van der Waals surface area contributed by atoms with E-state index in [0.29, 0.717) is 0 Å². The van der Waals surface area contributed by atoms with Gasteiger partial charge < -0.3 is 44.1 Å². The third-order valence-corrected chi connectivity index (χ3v) is 14.0. The Kier molecular flexibility index (Phi) is 6.90. The first-order chi connectivity index (χ1) is 22.1. The summed E-state index contributed by atoms with van der Waals surface area (Å²) in [5, 5.41) is 48.6. The summed E-state index contributed by atoms with van der Waals surface area (Å²) in [5.41, 5.74) is -9.01. The Morgan fingerprint density at radius 1 is 0.854 bits per heavy atom. The van der Waals surface area contributed by atoms with Crippen LogP contribution in [0.4, 0.5) is 0 Å². The average Bonchev–Trinajstić information content (AvgIpc) is 3.64. The van der Waals surface area contributed by atoms with E-state index in [4.69, 9.17) is 23.7 Å². The molecule has 2 heterocycles. The molecule has 7 rings (SSSR count). The van der Waals surface area contributed by atoms with Crippen LogP contribution < -0.4 is 0 Å². The standard InChI is InChI=1S/C34H44O14/c1-11-9-16-31(6,33(8,42)29(41)48-16)21-18(11)30(5)19(23(21)39)17-20(25(44-12(2)35)27(30)45-13(3)36)32(7)28(46-14(4)37)24-15(47-24)10-34(32,43)26(40)22(17)38/h9,11,15,17-21,23-28,39-40,42-43H,10H2,1-8H3. The van der Waals surface area contributed by atoms with Crippen LogP contribution >= 0.6 is 0 Å². The smallest absolute Gasteiger partial charge is 0.343 e. The minimum atomic E-state index is -2.25. The van der Waals surface area contributed by atoms with Crippen LogP contribution in [-0.2, 0) is 47.7 Å². The number of aliphatic hydroxyl groups excluding tert-OH is 2. The summed E-state index contributed by atoms with van der Waals surface area (Å²) >= 11 is 0. The van der Waals surface area contributed by atoms with E-state index in [9.17, 15) is 44.4 Å². The predicted molar refractivity (Wildman–Crippen MR) is 158 cm³/mol. The monoisotopic (exact) mass is 676 g/mol. The summed E-state index contributed by atoms with van der Waals surface area (Å²) in [7, 11) is 0. The van der Waals surface area contributed by atoms with Crippen LogP contribution in [0.3, 0.4) is 0 Å². The third-order valence-electron chi connectivity index (χ3n) is 14.0. The molecule has 0 aromatic carbocycles. The zero-order valence-corrected chi connectivity index (χ0v) is 28.2. The summed E-state index contributed by atoms with van der Waals surface area (Å²) in [6.07, 6.45) is -7.39. The van der Waals surface area contributed by atoms with Gasteiger partial charge in [-0.15, -0.1) is 0 Å². The number of ketones is 1. The Bertz CT molecular complexity index is 1550. The minimum absolute atomic E-state index is 0.167. The van der Waals surface area contributed by atoms with Gasteiger partial charge in [-0.3, -0.25) is 19.2 Å². The lowest BCUT2D eigenvalue weighted by Crippen LogP contribution is -2.80. The molecule has 0 aromatic rings. The van der Waals surface area contributed by atoms with Crippen molar-refractivity contribution in [2.45, 2.75) is 116 Å². The fourth-order valence-electron chi connectivity index (χ4n) is 11.9. The number of hydrogen-bond donors (Lipinski definition) is 4. The zero-order chi connectivity index (χ0) is 35.4. The van der Waals surface area contributed by atoms with Crippen LogP contribution in [0.1, 0.15) is 61.8 Å². The lowest BCUT2D eigenvalue weighted by molar-refractivity contribution is -0.302. The highest BCUT2D eigenvalue weighted by molar-refractivity contribution is 5.90. The van der Waals surface area contributed by atoms with E-state index in [1.54, 1.807) is 26.8 Å². The molecule has 18 unspecified atom stereocenters. The van der Waals surface area contributed by atoms with Gasteiger partial charge in [-0.05, 0) is 31.8 Å². The normalized spacial score (nSPS) is 55.8. The molecule has 4 saturated carbocycles. The molecule has 5 aliphatic carbocycles. The van der Waals surface area contributed by atoms with E-state index < -0.39 is 135 Å². The Balaban J connectivity index is 1.51. The van der Waals surface area contributed by atoms with E-state index in [0.717, 1.165) is 6.92 Å². The van der Waals surface area contributed by atoms with E-state index >= 15 is 0 Å². The molecule has 4 N–H and O–H groups in total. The van der Waals surface area contributed by atoms with Gasteiger partial charge in [0.15, 0.2) is 11.4 Å². The fraction of sp³-hybridized carbons (Fsp3) is 0.794. The molecule has 0 amide bonds. The summed E-state index contributed by atoms with van der Waals surface area (Å²) in [6.45, 7) is 11.5. The van der Waals surface area contributed by atoms with Crippen LogP contribution in [0.15, 0.2) is 11.8 Å². The SMILES string of the molecule is CC(=O)OC1C(OC(C)=O)C2(C)C(C(O)C3C2C(C)C=C2OC(=O)C(C)(O)C23C)C2C(=O)C(O)C3(O)CC4OC4C(OC(C)=O)C3(C)C12. The Morgan fingerprint density at radius 3 is 2.02 bits per heavy atom. The molecule has 0 radical (unpaired) electrons. The highest BCUT2D eigenvalue weighted by Gasteiger charge is 2.85. The van der Waals surface area contributed by atoms with Gasteiger partial charge in [-0.2, -0.15) is 0 Å². The second kappa shape index (κ2) is 9.87. The summed E-state index contributed by atoms with van der Waals surface area (Å²) in [5.74, 6) is -9.78. The molecule has 48 heavy (non-hydrogen) atoms. The summed E-state index contributed by atoms with van der Waals surface area (Å²) in [4.78, 5) is 66.3. The quantitative estimate of drug-likeness (QED) is 0.175. The molecule has 2 saturated heterocycles. The number of Topliss-reactive ketones (excluding diaryl/α,β-unsaturated/α-hetero) is 1. The van der Waals surface area contributed by atoms with Crippen LogP contribution in [0, 0.1) is 51.8 Å². The fourth-order valence-corrected chi connectivity index (χ4v) is 11.9. The largest absolute Gasteiger partial charge is 0.459 e. The molecular weight excluding hydrogens is 632 g/mol. The van der Waals surface area contributed by atoms with E-state index in [2.05, 4.69) is 0 Å². The van der Waals surface area contributed by atoms with Crippen molar-refractivity contribution in [3.8, 4) is 0 Å². The van der Waals surface area contributed by atoms with Gasteiger partial charge in [0.25, 0.3) is 0 Å². The molecule has 0 spiro atoms. The van der Waals surface area contributed by atoms with Gasteiger partial charge in [-0.25, -0.2) is 4.79 Å². The molecule has 2 aliphatic heterocycles.